The maximum atomic E-state index is 11.2. The fraction of sp³-hybridized carbons (Fsp3) is 0.417. The number of hydrogen-bond donors (Lipinski definition) is 1. The molecular weight excluding hydrogens is 382 g/mol. The topological polar surface area (TPSA) is 77.4 Å². The second-order valence-corrected chi connectivity index (χ2v) is 6.93. The minimum Gasteiger partial charge on any atom is -0.494 e. The Morgan fingerprint density at radius 3 is 2.27 bits per heavy atom. The van der Waals surface area contributed by atoms with E-state index in [0.717, 1.165) is 30.6 Å². The molecule has 0 saturated heterocycles. The summed E-state index contributed by atoms with van der Waals surface area (Å²) in [4.78, 5) is 16.5. The van der Waals surface area contributed by atoms with Crippen LogP contribution in [0, 0.1) is 0 Å². The molecule has 6 nitrogen and oxygen atoms in total. The Kier molecular flexibility index (Phi) is 10.3. The van der Waals surface area contributed by atoms with Crippen molar-refractivity contribution >= 4 is 11.7 Å². The van der Waals surface area contributed by atoms with Crippen LogP contribution in [0.2, 0.25) is 0 Å². The van der Waals surface area contributed by atoms with Gasteiger partial charge in [0.2, 0.25) is 0 Å². The molecule has 0 heterocycles. The summed E-state index contributed by atoms with van der Waals surface area (Å²) in [5, 5.41) is 13.4. The molecule has 2 aromatic rings. The number of hydrogen-bond acceptors (Lipinski definition) is 5. The number of oxime groups is 1. The fourth-order valence-corrected chi connectivity index (χ4v) is 2.73. The summed E-state index contributed by atoms with van der Waals surface area (Å²) in [7, 11) is 0. The van der Waals surface area contributed by atoms with Gasteiger partial charge in [-0.25, -0.2) is 4.79 Å². The molecule has 2 rings (SSSR count). The van der Waals surface area contributed by atoms with Crippen molar-refractivity contribution < 1.29 is 24.2 Å². The molecule has 0 spiro atoms. The lowest BCUT2D eigenvalue weighted by Crippen LogP contribution is -2.14. The van der Waals surface area contributed by atoms with Crippen LogP contribution in [0.3, 0.4) is 0 Å². The van der Waals surface area contributed by atoms with E-state index in [1.54, 1.807) is 12.1 Å². The van der Waals surface area contributed by atoms with Crippen molar-refractivity contribution in [2.45, 2.75) is 46.0 Å². The molecule has 2 aromatic carbocycles. The van der Waals surface area contributed by atoms with E-state index in [0.29, 0.717) is 24.7 Å². The highest BCUT2D eigenvalue weighted by atomic mass is 16.6. The van der Waals surface area contributed by atoms with E-state index in [-0.39, 0.29) is 12.2 Å². The fourth-order valence-electron chi connectivity index (χ4n) is 2.73. The first kappa shape index (κ1) is 23.3. The number of benzene rings is 2. The zero-order chi connectivity index (χ0) is 21.6. The molecular formula is C24H31NO5. The first-order valence-electron chi connectivity index (χ1n) is 10.5. The van der Waals surface area contributed by atoms with Crippen LogP contribution in [0.1, 0.15) is 61.9 Å². The van der Waals surface area contributed by atoms with Crippen molar-refractivity contribution in [1.82, 2.24) is 0 Å². The van der Waals surface area contributed by atoms with E-state index in [1.165, 1.54) is 25.0 Å². The summed E-state index contributed by atoms with van der Waals surface area (Å²) < 4.78 is 11.7. The third-order valence-corrected chi connectivity index (χ3v) is 4.36. The maximum Gasteiger partial charge on any atom is 0.335 e. The Bertz CT molecular complexity index is 819. The molecule has 0 bridgehead atoms. The number of carboxylic acid groups (broad SMARTS) is 1. The van der Waals surface area contributed by atoms with Gasteiger partial charge in [-0.05, 0) is 43.2 Å². The van der Waals surface area contributed by atoms with Crippen molar-refractivity contribution in [1.29, 1.82) is 0 Å². The van der Waals surface area contributed by atoms with Crippen LogP contribution >= 0.6 is 0 Å². The number of ether oxygens (including phenoxy) is 2. The quantitative estimate of drug-likeness (QED) is 0.249. The molecule has 0 aliphatic heterocycles. The number of carboxylic acids is 1. The van der Waals surface area contributed by atoms with Crippen LogP contribution in [-0.2, 0) is 4.84 Å². The number of aromatic carboxylic acids is 1. The number of unbranched alkanes of at least 4 members (excludes halogenated alkanes) is 3. The Hall–Kier alpha value is -3.02. The zero-order valence-corrected chi connectivity index (χ0v) is 17.8. The SMILES string of the molecule is CCCCCCOc1cccc(/C(COc2cccc(C(=O)O)c2)=N/OCCC)c1. The highest BCUT2D eigenvalue weighted by molar-refractivity contribution is 6.01. The van der Waals surface area contributed by atoms with Crippen LogP contribution in [0.25, 0.3) is 0 Å². The summed E-state index contributed by atoms with van der Waals surface area (Å²) in [5.41, 5.74) is 1.62. The van der Waals surface area contributed by atoms with Gasteiger partial charge in [0, 0.05) is 5.56 Å². The first-order valence-corrected chi connectivity index (χ1v) is 10.5. The van der Waals surface area contributed by atoms with Crippen molar-refractivity contribution in [3.05, 3.63) is 59.7 Å². The van der Waals surface area contributed by atoms with E-state index >= 15 is 0 Å². The maximum absolute atomic E-state index is 11.2. The lowest BCUT2D eigenvalue weighted by molar-refractivity contribution is 0.0696. The molecule has 1 N–H and O–H groups in total. The van der Waals surface area contributed by atoms with E-state index in [9.17, 15) is 4.79 Å². The average molecular weight is 414 g/mol. The molecule has 0 aliphatic rings. The lowest BCUT2D eigenvalue weighted by atomic mass is 10.1. The summed E-state index contributed by atoms with van der Waals surface area (Å²) in [5.74, 6) is 0.242. The molecule has 6 heteroatoms. The van der Waals surface area contributed by atoms with Gasteiger partial charge in [0.25, 0.3) is 0 Å². The van der Waals surface area contributed by atoms with Crippen LogP contribution in [0.5, 0.6) is 11.5 Å². The smallest absolute Gasteiger partial charge is 0.335 e. The summed E-state index contributed by atoms with van der Waals surface area (Å²) in [6, 6.07) is 14.1. The second-order valence-electron chi connectivity index (χ2n) is 6.93. The minimum atomic E-state index is -0.996. The largest absolute Gasteiger partial charge is 0.494 e. The summed E-state index contributed by atoms with van der Waals surface area (Å²) in [6.45, 7) is 5.53. The zero-order valence-electron chi connectivity index (χ0n) is 17.8. The standard InChI is InChI=1S/C24H31NO5/c1-3-5-6-7-15-28-21-12-8-10-19(16-21)23(25-30-14-4-2)18-29-22-13-9-11-20(17-22)24(26)27/h8-13,16-17H,3-7,14-15,18H2,1-2H3,(H,26,27)/b25-23+. The molecule has 0 fully saturated rings. The van der Waals surface area contributed by atoms with Gasteiger partial charge in [-0.2, -0.15) is 0 Å². The molecule has 0 atom stereocenters. The Balaban J connectivity index is 2.07. The highest BCUT2D eigenvalue weighted by Crippen LogP contribution is 2.18. The first-order chi connectivity index (χ1) is 14.6. The predicted molar refractivity (Wildman–Crippen MR) is 118 cm³/mol. The van der Waals surface area contributed by atoms with E-state index in [2.05, 4.69) is 12.1 Å². The molecule has 30 heavy (non-hydrogen) atoms. The van der Waals surface area contributed by atoms with Crippen LogP contribution in [-0.4, -0.2) is 36.6 Å². The minimum absolute atomic E-state index is 0.146. The monoisotopic (exact) mass is 413 g/mol. The molecule has 0 aromatic heterocycles. The normalized spacial score (nSPS) is 11.2. The molecule has 0 unspecified atom stereocenters. The molecule has 0 saturated carbocycles. The molecule has 0 aliphatic carbocycles. The summed E-state index contributed by atoms with van der Waals surface area (Å²) >= 11 is 0. The Morgan fingerprint density at radius 1 is 0.867 bits per heavy atom. The predicted octanol–water partition coefficient (Wildman–Crippen LogP) is 5.55. The van der Waals surface area contributed by atoms with Gasteiger partial charge in [0.1, 0.15) is 30.4 Å². The van der Waals surface area contributed by atoms with Gasteiger partial charge in [0.15, 0.2) is 0 Å². The van der Waals surface area contributed by atoms with Crippen molar-refractivity contribution in [2.75, 3.05) is 19.8 Å². The van der Waals surface area contributed by atoms with Crippen LogP contribution < -0.4 is 9.47 Å². The van der Waals surface area contributed by atoms with Gasteiger partial charge in [0.05, 0.1) is 12.2 Å². The van der Waals surface area contributed by atoms with E-state index < -0.39 is 5.97 Å². The van der Waals surface area contributed by atoms with Gasteiger partial charge < -0.3 is 19.4 Å². The van der Waals surface area contributed by atoms with E-state index in [1.807, 2.05) is 31.2 Å². The van der Waals surface area contributed by atoms with Crippen LogP contribution in [0.4, 0.5) is 0 Å². The molecule has 0 amide bonds. The van der Waals surface area contributed by atoms with E-state index in [4.69, 9.17) is 19.4 Å². The third kappa shape index (κ3) is 8.15. The van der Waals surface area contributed by atoms with Gasteiger partial charge in [-0.3, -0.25) is 0 Å². The molecule has 0 radical (unpaired) electrons. The number of carbonyl (C=O) groups is 1. The Morgan fingerprint density at radius 2 is 1.57 bits per heavy atom. The molecule has 162 valence electrons. The van der Waals surface area contributed by atoms with Gasteiger partial charge in [-0.15, -0.1) is 0 Å². The van der Waals surface area contributed by atoms with Gasteiger partial charge in [-0.1, -0.05) is 56.5 Å². The summed E-state index contributed by atoms with van der Waals surface area (Å²) in [6.07, 6.45) is 5.45. The highest BCUT2D eigenvalue weighted by Gasteiger charge is 2.10. The van der Waals surface area contributed by atoms with Gasteiger partial charge >= 0.3 is 5.97 Å². The lowest BCUT2D eigenvalue weighted by Gasteiger charge is -2.12. The number of rotatable bonds is 14. The average Bonchev–Trinajstić information content (AvgIpc) is 2.76. The van der Waals surface area contributed by atoms with Crippen molar-refractivity contribution in [3.63, 3.8) is 0 Å². The second kappa shape index (κ2) is 13.2. The third-order valence-electron chi connectivity index (χ3n) is 4.36. The number of nitrogens with zero attached hydrogens (tertiary/aromatic N) is 1. The van der Waals surface area contributed by atoms with Crippen molar-refractivity contribution in [2.24, 2.45) is 5.16 Å². The van der Waals surface area contributed by atoms with Crippen LogP contribution in [0.15, 0.2) is 53.7 Å². The van der Waals surface area contributed by atoms with Crippen molar-refractivity contribution in [3.8, 4) is 11.5 Å². The Labute approximate surface area is 178 Å².